The minimum atomic E-state index is -3.15. The lowest BCUT2D eigenvalue weighted by Crippen LogP contribution is -2.35. The van der Waals surface area contributed by atoms with Gasteiger partial charge in [-0.1, -0.05) is 25.0 Å². The molecular weight excluding hydrogens is 478 g/mol. The fourth-order valence-corrected chi connectivity index (χ4v) is 5.88. The van der Waals surface area contributed by atoms with E-state index in [-0.39, 0.29) is 0 Å². The first-order valence-electron chi connectivity index (χ1n) is 13.3. The van der Waals surface area contributed by atoms with E-state index in [1.807, 2.05) is 12.1 Å². The molecule has 0 bridgehead atoms. The number of hydrogen-bond acceptors (Lipinski definition) is 8. The third-order valence-corrected chi connectivity index (χ3v) is 8.75. The lowest BCUT2D eigenvalue weighted by molar-refractivity contribution is 0.276. The number of likely N-dealkylation sites (N-methyl/N-ethyl adjacent to an activating group) is 1. The van der Waals surface area contributed by atoms with Crippen molar-refractivity contribution >= 4 is 16.0 Å². The van der Waals surface area contributed by atoms with Gasteiger partial charge in [0.1, 0.15) is 5.75 Å². The maximum Gasteiger partial charge on any atom is 0.266 e. The van der Waals surface area contributed by atoms with E-state index in [4.69, 9.17) is 4.74 Å². The van der Waals surface area contributed by atoms with Gasteiger partial charge in [0.05, 0.1) is 19.4 Å². The Morgan fingerprint density at radius 2 is 1.89 bits per heavy atom. The van der Waals surface area contributed by atoms with Crippen molar-refractivity contribution in [2.75, 3.05) is 57.0 Å². The number of tetrazole rings is 1. The van der Waals surface area contributed by atoms with Crippen molar-refractivity contribution in [2.45, 2.75) is 59.0 Å². The van der Waals surface area contributed by atoms with Crippen molar-refractivity contribution in [1.29, 1.82) is 0 Å². The number of fused-ring (bicyclic) bond motifs is 1. The Labute approximate surface area is 215 Å². The van der Waals surface area contributed by atoms with Gasteiger partial charge in [0.25, 0.3) is 5.95 Å². The van der Waals surface area contributed by atoms with E-state index in [1.54, 1.807) is 4.80 Å². The van der Waals surface area contributed by atoms with Gasteiger partial charge in [-0.3, -0.25) is 0 Å². The molecular formula is C25H41N7O3S. The fourth-order valence-electron chi connectivity index (χ4n) is 5.09. The summed E-state index contributed by atoms with van der Waals surface area (Å²) in [5.74, 6) is 2.34. The van der Waals surface area contributed by atoms with Gasteiger partial charge in [-0.15, -0.1) is 5.10 Å². The van der Waals surface area contributed by atoms with Crippen molar-refractivity contribution in [2.24, 2.45) is 5.92 Å². The van der Waals surface area contributed by atoms with Crippen LogP contribution in [-0.2, 0) is 29.5 Å². The number of nitrogens with zero attached hydrogens (tertiary/aromatic N) is 7. The first-order valence-corrected chi connectivity index (χ1v) is 15.2. The highest BCUT2D eigenvalue weighted by Crippen LogP contribution is 2.26. The summed E-state index contributed by atoms with van der Waals surface area (Å²) in [5, 5.41) is 13.1. The zero-order valence-corrected chi connectivity index (χ0v) is 22.8. The average Bonchev–Trinajstić information content (AvgIpc) is 3.36. The summed E-state index contributed by atoms with van der Waals surface area (Å²) in [6.45, 7) is 11.8. The zero-order valence-electron chi connectivity index (χ0n) is 22.0. The molecule has 0 N–H and O–H groups in total. The molecule has 2 aromatic rings. The number of rotatable bonds is 12. The second-order valence-electron chi connectivity index (χ2n) is 9.91. The normalized spacial score (nSPS) is 17.5. The standard InChI is InChI=1S/C25H41N7O3S/c1-4-29(5-2)16-17-32-27-25(26-28-32)30-13-10-21(11-14-30)7-6-18-35-24-9-8-23-20-31(36(3,33)34)15-12-22(23)19-24/h8-9,19,21H,4-7,10-18,20H2,1-3H3. The van der Waals surface area contributed by atoms with Crippen molar-refractivity contribution in [3.8, 4) is 5.75 Å². The second kappa shape index (κ2) is 12.3. The molecule has 0 spiro atoms. The lowest BCUT2D eigenvalue weighted by atomic mass is 9.92. The van der Waals surface area contributed by atoms with Crippen molar-refractivity contribution < 1.29 is 13.2 Å². The summed E-state index contributed by atoms with van der Waals surface area (Å²) in [7, 11) is -3.15. The monoisotopic (exact) mass is 519 g/mol. The highest BCUT2D eigenvalue weighted by atomic mass is 32.2. The van der Waals surface area contributed by atoms with Crippen LogP contribution in [0.3, 0.4) is 0 Å². The van der Waals surface area contributed by atoms with Gasteiger partial charge in [-0.2, -0.15) is 9.10 Å². The molecule has 200 valence electrons. The molecule has 3 heterocycles. The van der Waals surface area contributed by atoms with E-state index in [0.29, 0.717) is 25.6 Å². The number of anilines is 1. The molecule has 1 aromatic carbocycles. The first-order chi connectivity index (χ1) is 17.4. The van der Waals surface area contributed by atoms with Crippen LogP contribution in [0.2, 0.25) is 0 Å². The van der Waals surface area contributed by atoms with Crippen LogP contribution in [0, 0.1) is 5.92 Å². The molecule has 0 aliphatic carbocycles. The third kappa shape index (κ3) is 7.17. The zero-order chi connectivity index (χ0) is 25.5. The molecule has 2 aliphatic heterocycles. The Bertz CT molecular complexity index is 1080. The summed E-state index contributed by atoms with van der Waals surface area (Å²) < 4.78 is 31.2. The second-order valence-corrected chi connectivity index (χ2v) is 11.9. The van der Waals surface area contributed by atoms with Gasteiger partial charge in [0.2, 0.25) is 10.0 Å². The van der Waals surface area contributed by atoms with Crippen LogP contribution in [0.1, 0.15) is 50.7 Å². The summed E-state index contributed by atoms with van der Waals surface area (Å²) in [6, 6.07) is 6.05. The number of piperidine rings is 1. The van der Waals surface area contributed by atoms with Crippen molar-refractivity contribution in [3.63, 3.8) is 0 Å². The van der Waals surface area contributed by atoms with E-state index in [1.165, 1.54) is 16.1 Å². The highest BCUT2D eigenvalue weighted by Gasteiger charge is 2.24. The molecule has 0 amide bonds. The summed E-state index contributed by atoms with van der Waals surface area (Å²) in [6.07, 6.45) is 6.48. The van der Waals surface area contributed by atoms with Gasteiger partial charge in [0, 0.05) is 32.7 Å². The molecule has 2 aliphatic rings. The van der Waals surface area contributed by atoms with Crippen LogP contribution in [0.15, 0.2) is 18.2 Å². The topological polar surface area (TPSA) is 96.7 Å². The molecule has 11 heteroatoms. The van der Waals surface area contributed by atoms with E-state index in [9.17, 15) is 8.42 Å². The molecule has 0 saturated carbocycles. The maximum atomic E-state index is 11.8. The Morgan fingerprint density at radius 3 is 2.61 bits per heavy atom. The van der Waals surface area contributed by atoms with E-state index in [0.717, 1.165) is 88.6 Å². The number of benzene rings is 1. The Balaban J connectivity index is 1.14. The van der Waals surface area contributed by atoms with Crippen LogP contribution in [0.4, 0.5) is 5.95 Å². The van der Waals surface area contributed by atoms with Gasteiger partial charge >= 0.3 is 0 Å². The van der Waals surface area contributed by atoms with E-state index < -0.39 is 10.0 Å². The van der Waals surface area contributed by atoms with Crippen LogP contribution in [0.25, 0.3) is 0 Å². The molecule has 10 nitrogen and oxygen atoms in total. The Morgan fingerprint density at radius 1 is 1.11 bits per heavy atom. The van der Waals surface area contributed by atoms with Gasteiger partial charge in [-0.25, -0.2) is 8.42 Å². The molecule has 36 heavy (non-hydrogen) atoms. The molecule has 1 fully saturated rings. The maximum absolute atomic E-state index is 11.8. The van der Waals surface area contributed by atoms with Gasteiger partial charge in [0.15, 0.2) is 0 Å². The summed E-state index contributed by atoms with van der Waals surface area (Å²) in [4.78, 5) is 6.34. The summed E-state index contributed by atoms with van der Waals surface area (Å²) >= 11 is 0. The molecule has 1 saturated heterocycles. The highest BCUT2D eigenvalue weighted by molar-refractivity contribution is 7.88. The van der Waals surface area contributed by atoms with Crippen molar-refractivity contribution in [1.82, 2.24) is 29.4 Å². The minimum Gasteiger partial charge on any atom is -0.494 e. The van der Waals surface area contributed by atoms with Crippen molar-refractivity contribution in [3.05, 3.63) is 29.3 Å². The molecule has 0 unspecified atom stereocenters. The fraction of sp³-hybridized carbons (Fsp3) is 0.720. The predicted molar refractivity (Wildman–Crippen MR) is 141 cm³/mol. The van der Waals surface area contributed by atoms with Crippen LogP contribution >= 0.6 is 0 Å². The third-order valence-electron chi connectivity index (χ3n) is 7.50. The minimum absolute atomic E-state index is 0.454. The number of hydrogen-bond donors (Lipinski definition) is 0. The lowest BCUT2D eigenvalue weighted by Gasteiger charge is -2.30. The Kier molecular flexibility index (Phi) is 9.19. The number of aromatic nitrogens is 4. The first kappa shape index (κ1) is 26.8. The van der Waals surface area contributed by atoms with Gasteiger partial charge in [-0.05, 0) is 79.6 Å². The largest absolute Gasteiger partial charge is 0.494 e. The van der Waals surface area contributed by atoms with Gasteiger partial charge < -0.3 is 14.5 Å². The molecule has 4 rings (SSSR count). The van der Waals surface area contributed by atoms with Crippen LogP contribution < -0.4 is 9.64 Å². The predicted octanol–water partition coefficient (Wildman–Crippen LogP) is 2.41. The molecule has 0 atom stereocenters. The Hall–Kier alpha value is -2.24. The smallest absolute Gasteiger partial charge is 0.266 e. The summed E-state index contributed by atoms with van der Waals surface area (Å²) in [5.41, 5.74) is 2.27. The van der Waals surface area contributed by atoms with Crippen LogP contribution in [-0.4, -0.2) is 90.0 Å². The van der Waals surface area contributed by atoms with E-state index in [2.05, 4.69) is 45.1 Å². The number of sulfonamides is 1. The molecule has 0 radical (unpaired) electrons. The number of ether oxygens (including phenoxy) is 1. The molecule has 1 aromatic heterocycles. The van der Waals surface area contributed by atoms with Crippen LogP contribution in [0.5, 0.6) is 5.75 Å². The average molecular weight is 520 g/mol. The van der Waals surface area contributed by atoms with E-state index >= 15 is 0 Å². The quantitative estimate of drug-likeness (QED) is 0.395. The SMILES string of the molecule is CCN(CC)CCn1nnc(N2CCC(CCCOc3ccc4c(c3)CCN(S(C)(=O)=O)C4)CC2)n1.